The molecular formula is C16H25BO5. The second-order valence-corrected chi connectivity index (χ2v) is 5.85. The van der Waals surface area contributed by atoms with Crippen molar-refractivity contribution in [1.29, 1.82) is 0 Å². The lowest BCUT2D eigenvalue weighted by Crippen LogP contribution is -2.41. The summed E-state index contributed by atoms with van der Waals surface area (Å²) in [5.74, 6) is -0.549. The first-order valence-corrected chi connectivity index (χ1v) is 7.45. The first kappa shape index (κ1) is 18.5. The molecule has 0 spiro atoms. The van der Waals surface area contributed by atoms with E-state index in [1.807, 2.05) is 41.5 Å². The van der Waals surface area contributed by atoms with Crippen molar-refractivity contribution in [2.45, 2.75) is 52.7 Å². The summed E-state index contributed by atoms with van der Waals surface area (Å²) < 4.78 is 17.1. The summed E-state index contributed by atoms with van der Waals surface area (Å²) in [5, 5.41) is 9.01. The first-order valence-electron chi connectivity index (χ1n) is 7.45. The Balaban J connectivity index is 0.00000116. The lowest BCUT2D eigenvalue weighted by molar-refractivity contribution is 0.00578. The van der Waals surface area contributed by atoms with Gasteiger partial charge in [0, 0.05) is 5.46 Å². The molecule has 1 aliphatic heterocycles. The molecule has 0 aromatic heterocycles. The monoisotopic (exact) mass is 308 g/mol. The molecule has 0 bridgehead atoms. The highest BCUT2D eigenvalue weighted by atomic mass is 16.7. The molecule has 5 nitrogen and oxygen atoms in total. The van der Waals surface area contributed by atoms with Crippen LogP contribution in [0.2, 0.25) is 0 Å². The number of aromatic carboxylic acids is 1. The zero-order valence-corrected chi connectivity index (χ0v) is 14.4. The molecule has 0 atom stereocenters. The van der Waals surface area contributed by atoms with Gasteiger partial charge in [-0.2, -0.15) is 0 Å². The quantitative estimate of drug-likeness (QED) is 0.870. The van der Waals surface area contributed by atoms with E-state index in [-0.39, 0.29) is 5.56 Å². The van der Waals surface area contributed by atoms with Gasteiger partial charge < -0.3 is 19.2 Å². The fourth-order valence-electron chi connectivity index (χ4n) is 2.01. The standard InChI is InChI=1S/C14H19BO5.C2H6/c1-13(2)14(3,4)20-15(19-13)10-7-6-9(12(16)17)8-11(10)18-5;1-2/h6-8H,1-5H3,(H,16,17);1-2H3. The maximum Gasteiger partial charge on any atom is 0.498 e. The summed E-state index contributed by atoms with van der Waals surface area (Å²) in [6.45, 7) is 11.9. The second-order valence-electron chi connectivity index (χ2n) is 5.85. The van der Waals surface area contributed by atoms with E-state index in [0.29, 0.717) is 11.2 Å². The van der Waals surface area contributed by atoms with Crippen molar-refractivity contribution >= 4 is 18.6 Å². The van der Waals surface area contributed by atoms with E-state index < -0.39 is 24.3 Å². The maximum absolute atomic E-state index is 11.0. The van der Waals surface area contributed by atoms with Gasteiger partial charge in [0.05, 0.1) is 23.9 Å². The van der Waals surface area contributed by atoms with Crippen molar-refractivity contribution in [3.8, 4) is 5.75 Å². The molecule has 1 saturated heterocycles. The van der Waals surface area contributed by atoms with Crippen molar-refractivity contribution in [3.63, 3.8) is 0 Å². The molecule has 1 heterocycles. The Morgan fingerprint density at radius 2 is 1.64 bits per heavy atom. The zero-order valence-electron chi connectivity index (χ0n) is 14.4. The Labute approximate surface area is 132 Å². The lowest BCUT2D eigenvalue weighted by Gasteiger charge is -2.32. The van der Waals surface area contributed by atoms with E-state index in [0.717, 1.165) is 0 Å². The molecule has 1 N–H and O–H groups in total. The highest BCUT2D eigenvalue weighted by Crippen LogP contribution is 2.37. The van der Waals surface area contributed by atoms with Crippen LogP contribution in [0, 0.1) is 0 Å². The number of carbonyl (C=O) groups is 1. The molecular weight excluding hydrogens is 283 g/mol. The van der Waals surface area contributed by atoms with Gasteiger partial charge in [0.15, 0.2) is 0 Å². The van der Waals surface area contributed by atoms with Gasteiger partial charge in [-0.3, -0.25) is 0 Å². The van der Waals surface area contributed by atoms with E-state index >= 15 is 0 Å². The molecule has 0 aliphatic carbocycles. The molecule has 122 valence electrons. The number of carboxylic acids is 1. The highest BCUT2D eigenvalue weighted by Gasteiger charge is 2.52. The summed E-state index contributed by atoms with van der Waals surface area (Å²) in [6.07, 6.45) is 0. The number of carboxylic acid groups (broad SMARTS) is 1. The summed E-state index contributed by atoms with van der Waals surface area (Å²) >= 11 is 0. The van der Waals surface area contributed by atoms with Crippen LogP contribution in [0.1, 0.15) is 51.9 Å². The smallest absolute Gasteiger partial charge is 0.497 e. The van der Waals surface area contributed by atoms with Gasteiger partial charge in [0.2, 0.25) is 0 Å². The zero-order chi connectivity index (χ0) is 17.1. The number of rotatable bonds is 3. The molecule has 0 unspecified atom stereocenters. The molecule has 6 heteroatoms. The molecule has 1 aliphatic rings. The Kier molecular flexibility index (Phi) is 5.65. The Bertz CT molecular complexity index is 523. The van der Waals surface area contributed by atoms with E-state index in [1.54, 1.807) is 6.07 Å². The average Bonchev–Trinajstić information content (AvgIpc) is 2.68. The predicted molar refractivity (Wildman–Crippen MR) is 87.0 cm³/mol. The maximum atomic E-state index is 11.0. The highest BCUT2D eigenvalue weighted by molar-refractivity contribution is 6.63. The largest absolute Gasteiger partial charge is 0.498 e. The van der Waals surface area contributed by atoms with Gasteiger partial charge in [0.25, 0.3) is 0 Å². The predicted octanol–water partition coefficient (Wildman–Crippen LogP) is 2.72. The first-order chi connectivity index (χ1) is 10.2. The van der Waals surface area contributed by atoms with Crippen molar-refractivity contribution in [3.05, 3.63) is 23.8 Å². The molecule has 1 fully saturated rings. The van der Waals surface area contributed by atoms with Crippen LogP contribution < -0.4 is 10.2 Å². The summed E-state index contributed by atoms with van der Waals surface area (Å²) in [5.41, 5.74) is -0.0410. The summed E-state index contributed by atoms with van der Waals surface area (Å²) in [4.78, 5) is 11.0. The average molecular weight is 308 g/mol. The van der Waals surface area contributed by atoms with Crippen LogP contribution in [0.4, 0.5) is 0 Å². The third-order valence-electron chi connectivity index (χ3n) is 3.99. The van der Waals surface area contributed by atoms with Gasteiger partial charge in [-0.1, -0.05) is 19.9 Å². The topological polar surface area (TPSA) is 65.0 Å². The third kappa shape index (κ3) is 3.44. The second kappa shape index (κ2) is 6.71. The molecule has 22 heavy (non-hydrogen) atoms. The summed E-state index contributed by atoms with van der Waals surface area (Å²) in [7, 11) is 0.924. The number of hydrogen-bond acceptors (Lipinski definition) is 4. The fourth-order valence-corrected chi connectivity index (χ4v) is 2.01. The van der Waals surface area contributed by atoms with Crippen molar-refractivity contribution in [2.24, 2.45) is 0 Å². The van der Waals surface area contributed by atoms with Crippen LogP contribution in [0.5, 0.6) is 5.75 Å². The van der Waals surface area contributed by atoms with E-state index in [1.165, 1.54) is 19.2 Å². The SMILES string of the molecule is CC.COc1cc(C(=O)O)ccc1B1OC(C)(C)C(C)(C)O1. The molecule has 1 aromatic carbocycles. The van der Waals surface area contributed by atoms with Crippen LogP contribution in [0.3, 0.4) is 0 Å². The third-order valence-corrected chi connectivity index (χ3v) is 3.99. The molecule has 0 amide bonds. The Morgan fingerprint density at radius 3 is 2.05 bits per heavy atom. The van der Waals surface area contributed by atoms with E-state index in [2.05, 4.69) is 0 Å². The molecule has 0 radical (unpaired) electrons. The Morgan fingerprint density at radius 1 is 1.14 bits per heavy atom. The van der Waals surface area contributed by atoms with Crippen LogP contribution >= 0.6 is 0 Å². The Hall–Kier alpha value is -1.53. The van der Waals surface area contributed by atoms with E-state index in [4.69, 9.17) is 19.2 Å². The van der Waals surface area contributed by atoms with Gasteiger partial charge >= 0.3 is 13.1 Å². The van der Waals surface area contributed by atoms with Gasteiger partial charge in [-0.15, -0.1) is 0 Å². The molecule has 0 saturated carbocycles. The number of hydrogen-bond donors (Lipinski definition) is 1. The minimum atomic E-state index is -0.997. The minimum Gasteiger partial charge on any atom is -0.497 e. The molecule has 2 rings (SSSR count). The van der Waals surface area contributed by atoms with Crippen molar-refractivity contribution < 1.29 is 23.9 Å². The molecule has 1 aromatic rings. The van der Waals surface area contributed by atoms with Gasteiger partial charge in [-0.25, -0.2) is 4.79 Å². The number of ether oxygens (including phenoxy) is 1. The summed E-state index contributed by atoms with van der Waals surface area (Å²) in [6, 6.07) is 4.67. The van der Waals surface area contributed by atoms with Gasteiger partial charge in [0.1, 0.15) is 5.75 Å². The lowest BCUT2D eigenvalue weighted by atomic mass is 9.78. The van der Waals surface area contributed by atoms with Crippen LogP contribution in [-0.2, 0) is 9.31 Å². The van der Waals surface area contributed by atoms with Crippen LogP contribution in [-0.4, -0.2) is 36.5 Å². The van der Waals surface area contributed by atoms with Crippen LogP contribution in [0.15, 0.2) is 18.2 Å². The van der Waals surface area contributed by atoms with Crippen molar-refractivity contribution in [1.82, 2.24) is 0 Å². The van der Waals surface area contributed by atoms with Crippen molar-refractivity contribution in [2.75, 3.05) is 7.11 Å². The number of methoxy groups -OCH3 is 1. The number of benzene rings is 1. The fraction of sp³-hybridized carbons (Fsp3) is 0.562. The minimum absolute atomic E-state index is 0.169. The normalized spacial score (nSPS) is 18.4. The van der Waals surface area contributed by atoms with E-state index in [9.17, 15) is 4.79 Å². The van der Waals surface area contributed by atoms with Crippen LogP contribution in [0.25, 0.3) is 0 Å². The van der Waals surface area contributed by atoms with Gasteiger partial charge in [-0.05, 0) is 39.8 Å².